The quantitative estimate of drug-likeness (QED) is 0.286. The Kier molecular flexibility index (Phi) is 9.49. The van der Waals surface area contributed by atoms with Crippen LogP contribution in [0.2, 0.25) is 0 Å². The molecule has 1 saturated carbocycles. The molecule has 1 fully saturated rings. The lowest BCUT2D eigenvalue weighted by atomic mass is 9.83. The molecule has 0 heterocycles. The standard InChI is InChI=1S/C28H42O2/c1-3-5-6-7-8-9-23-10-14-24(15-11-23)25-16-18-26(19-17-25)28(29)30-27-20-12-22(4-2)13-21-27/h14,16-19,22-23,27H,3-13,15,20-21H2,1-2H3. The number of ether oxygens (including phenoxy) is 1. The second-order valence-corrected chi connectivity index (χ2v) is 9.61. The summed E-state index contributed by atoms with van der Waals surface area (Å²) in [6, 6.07) is 8.13. The third-order valence-corrected chi connectivity index (χ3v) is 7.37. The Morgan fingerprint density at radius 2 is 1.63 bits per heavy atom. The van der Waals surface area contributed by atoms with Crippen LogP contribution in [0, 0.1) is 11.8 Å². The Morgan fingerprint density at radius 1 is 0.900 bits per heavy atom. The maximum Gasteiger partial charge on any atom is 0.338 e. The van der Waals surface area contributed by atoms with E-state index in [9.17, 15) is 4.79 Å². The van der Waals surface area contributed by atoms with Crippen molar-refractivity contribution in [3.63, 3.8) is 0 Å². The number of unbranched alkanes of at least 4 members (excludes halogenated alkanes) is 4. The lowest BCUT2D eigenvalue weighted by molar-refractivity contribution is 0.0164. The highest BCUT2D eigenvalue weighted by molar-refractivity contribution is 5.90. The van der Waals surface area contributed by atoms with Crippen molar-refractivity contribution in [1.29, 1.82) is 0 Å². The number of carbonyl (C=O) groups is 1. The van der Waals surface area contributed by atoms with Gasteiger partial charge in [-0.3, -0.25) is 0 Å². The highest BCUT2D eigenvalue weighted by atomic mass is 16.5. The molecule has 3 rings (SSSR count). The predicted molar refractivity (Wildman–Crippen MR) is 127 cm³/mol. The molecule has 0 saturated heterocycles. The molecule has 2 heteroatoms. The number of hydrogen-bond donors (Lipinski definition) is 0. The van der Waals surface area contributed by atoms with Gasteiger partial charge in [0.05, 0.1) is 5.56 Å². The van der Waals surface area contributed by atoms with Crippen LogP contribution in [0.1, 0.15) is 120 Å². The minimum Gasteiger partial charge on any atom is -0.459 e. The molecule has 1 unspecified atom stereocenters. The summed E-state index contributed by atoms with van der Waals surface area (Å²) in [7, 11) is 0. The minimum absolute atomic E-state index is 0.111. The zero-order valence-electron chi connectivity index (χ0n) is 19.3. The molecular formula is C28H42O2. The van der Waals surface area contributed by atoms with Gasteiger partial charge in [0, 0.05) is 0 Å². The van der Waals surface area contributed by atoms with Gasteiger partial charge in [-0.2, -0.15) is 0 Å². The van der Waals surface area contributed by atoms with E-state index in [4.69, 9.17) is 4.74 Å². The third-order valence-electron chi connectivity index (χ3n) is 7.37. The van der Waals surface area contributed by atoms with Gasteiger partial charge in [0.2, 0.25) is 0 Å². The maximum atomic E-state index is 12.5. The second-order valence-electron chi connectivity index (χ2n) is 9.61. The Bertz CT molecular complexity index is 664. The molecule has 0 N–H and O–H groups in total. The summed E-state index contributed by atoms with van der Waals surface area (Å²) in [5.41, 5.74) is 3.42. The van der Waals surface area contributed by atoms with Gasteiger partial charge in [-0.1, -0.05) is 77.0 Å². The topological polar surface area (TPSA) is 26.3 Å². The third kappa shape index (κ3) is 7.00. The lowest BCUT2D eigenvalue weighted by Crippen LogP contribution is -2.24. The van der Waals surface area contributed by atoms with Gasteiger partial charge in [-0.05, 0) is 80.1 Å². The maximum absolute atomic E-state index is 12.5. The van der Waals surface area contributed by atoms with Crippen molar-refractivity contribution in [3.05, 3.63) is 41.5 Å². The van der Waals surface area contributed by atoms with E-state index in [1.165, 1.54) is 88.2 Å². The summed E-state index contributed by atoms with van der Waals surface area (Å²) in [5.74, 6) is 1.54. The van der Waals surface area contributed by atoms with Crippen LogP contribution in [0.3, 0.4) is 0 Å². The van der Waals surface area contributed by atoms with E-state index < -0.39 is 0 Å². The fourth-order valence-electron chi connectivity index (χ4n) is 5.15. The van der Waals surface area contributed by atoms with Crippen LogP contribution < -0.4 is 0 Å². The van der Waals surface area contributed by atoms with Crippen molar-refractivity contribution >= 4 is 11.5 Å². The second kappa shape index (κ2) is 12.3. The molecule has 1 aromatic rings. The number of benzene rings is 1. The monoisotopic (exact) mass is 410 g/mol. The summed E-state index contributed by atoms with van der Waals surface area (Å²) in [6.45, 7) is 4.54. The molecule has 1 aromatic carbocycles. The van der Waals surface area contributed by atoms with Crippen molar-refractivity contribution in [2.45, 2.75) is 110 Å². The number of rotatable bonds is 10. The van der Waals surface area contributed by atoms with Crippen LogP contribution >= 0.6 is 0 Å². The van der Waals surface area contributed by atoms with Gasteiger partial charge in [-0.25, -0.2) is 4.79 Å². The Labute approximate surface area is 184 Å². The molecule has 0 spiro atoms. The van der Waals surface area contributed by atoms with Crippen LogP contribution in [0.5, 0.6) is 0 Å². The number of carbonyl (C=O) groups excluding carboxylic acids is 1. The summed E-state index contributed by atoms with van der Waals surface area (Å²) in [4.78, 5) is 12.5. The molecule has 0 bridgehead atoms. The zero-order chi connectivity index (χ0) is 21.2. The van der Waals surface area contributed by atoms with E-state index >= 15 is 0 Å². The molecule has 2 nitrogen and oxygen atoms in total. The highest BCUT2D eigenvalue weighted by Gasteiger charge is 2.23. The molecule has 0 amide bonds. The fourth-order valence-corrected chi connectivity index (χ4v) is 5.15. The minimum atomic E-state index is -0.151. The normalized spacial score (nSPS) is 24.3. The first-order chi connectivity index (χ1) is 14.7. The summed E-state index contributed by atoms with van der Waals surface area (Å²) >= 11 is 0. The summed E-state index contributed by atoms with van der Waals surface area (Å²) in [5, 5.41) is 0. The molecule has 0 radical (unpaired) electrons. The van der Waals surface area contributed by atoms with Gasteiger partial charge in [0.15, 0.2) is 0 Å². The van der Waals surface area contributed by atoms with Gasteiger partial charge in [-0.15, -0.1) is 0 Å². The van der Waals surface area contributed by atoms with Crippen molar-refractivity contribution in [2.24, 2.45) is 11.8 Å². The van der Waals surface area contributed by atoms with Gasteiger partial charge < -0.3 is 4.74 Å². The first-order valence-electron chi connectivity index (χ1n) is 12.7. The lowest BCUT2D eigenvalue weighted by Gasteiger charge is -2.27. The van der Waals surface area contributed by atoms with E-state index in [-0.39, 0.29) is 12.1 Å². The number of allylic oxidation sites excluding steroid dienone is 2. The van der Waals surface area contributed by atoms with Crippen molar-refractivity contribution in [1.82, 2.24) is 0 Å². The van der Waals surface area contributed by atoms with Crippen LogP contribution in [-0.4, -0.2) is 12.1 Å². The van der Waals surface area contributed by atoms with Crippen molar-refractivity contribution < 1.29 is 9.53 Å². The van der Waals surface area contributed by atoms with Crippen LogP contribution in [0.4, 0.5) is 0 Å². The first-order valence-corrected chi connectivity index (χ1v) is 12.7. The summed E-state index contributed by atoms with van der Waals surface area (Å²) < 4.78 is 5.78. The number of esters is 1. The fraction of sp³-hybridized carbons (Fsp3) is 0.679. The largest absolute Gasteiger partial charge is 0.459 e. The average Bonchev–Trinajstić information content (AvgIpc) is 2.80. The molecule has 2 aliphatic rings. The van der Waals surface area contributed by atoms with E-state index in [2.05, 4.69) is 32.1 Å². The smallest absolute Gasteiger partial charge is 0.338 e. The average molecular weight is 411 g/mol. The Hall–Kier alpha value is -1.57. The van der Waals surface area contributed by atoms with Crippen LogP contribution in [0.25, 0.3) is 5.57 Å². The van der Waals surface area contributed by atoms with E-state index in [0.29, 0.717) is 5.56 Å². The zero-order valence-corrected chi connectivity index (χ0v) is 19.3. The van der Waals surface area contributed by atoms with E-state index in [1.807, 2.05) is 12.1 Å². The molecular weight excluding hydrogens is 368 g/mol. The molecule has 30 heavy (non-hydrogen) atoms. The molecule has 0 aliphatic heterocycles. The van der Waals surface area contributed by atoms with Crippen molar-refractivity contribution in [2.75, 3.05) is 0 Å². The highest BCUT2D eigenvalue weighted by Crippen LogP contribution is 2.33. The van der Waals surface area contributed by atoms with Gasteiger partial charge in [0.1, 0.15) is 6.10 Å². The Balaban J connectivity index is 1.43. The summed E-state index contributed by atoms with van der Waals surface area (Å²) in [6.07, 6.45) is 20.2. The molecule has 0 aromatic heterocycles. The SMILES string of the molecule is CCCCCCCC1CC=C(c2ccc(C(=O)OC3CCC(CC)CC3)cc2)CC1. The van der Waals surface area contributed by atoms with E-state index in [1.54, 1.807) is 0 Å². The predicted octanol–water partition coefficient (Wildman–Crippen LogP) is 8.36. The van der Waals surface area contributed by atoms with Crippen LogP contribution in [-0.2, 0) is 4.74 Å². The van der Waals surface area contributed by atoms with Crippen molar-refractivity contribution in [3.8, 4) is 0 Å². The first kappa shape index (κ1) is 23.1. The number of hydrogen-bond acceptors (Lipinski definition) is 2. The molecule has 1 atom stereocenters. The van der Waals surface area contributed by atoms with E-state index in [0.717, 1.165) is 24.7 Å². The van der Waals surface area contributed by atoms with Gasteiger partial charge >= 0.3 is 5.97 Å². The Morgan fingerprint density at radius 3 is 2.27 bits per heavy atom. The molecule has 166 valence electrons. The van der Waals surface area contributed by atoms with Gasteiger partial charge in [0.25, 0.3) is 0 Å². The molecule has 2 aliphatic carbocycles. The van der Waals surface area contributed by atoms with Crippen LogP contribution in [0.15, 0.2) is 30.3 Å².